The Labute approximate surface area is 107 Å². The van der Waals surface area contributed by atoms with Crippen LogP contribution in [0.2, 0.25) is 0 Å². The molecule has 6 nitrogen and oxygen atoms in total. The Morgan fingerprint density at radius 2 is 1.32 bits per heavy atom. The molecule has 0 spiro atoms. The number of nitrogens with zero attached hydrogens (tertiary/aromatic N) is 4. The van der Waals surface area contributed by atoms with Gasteiger partial charge in [-0.2, -0.15) is 9.97 Å². The van der Waals surface area contributed by atoms with Gasteiger partial charge in [-0.25, -0.2) is 9.97 Å². The Balaban J connectivity index is 1.73. The van der Waals surface area contributed by atoms with Gasteiger partial charge in [-0.1, -0.05) is 0 Å². The summed E-state index contributed by atoms with van der Waals surface area (Å²) >= 11 is 0. The second-order valence-corrected chi connectivity index (χ2v) is 4.04. The molecular formula is C13H8N4O2. The first kappa shape index (κ1) is 10.2. The Morgan fingerprint density at radius 1 is 0.789 bits per heavy atom. The number of hydrogen-bond donors (Lipinski definition) is 0. The van der Waals surface area contributed by atoms with Gasteiger partial charge in [0.1, 0.15) is 6.42 Å². The third kappa shape index (κ3) is 1.74. The standard InChI is InChI=1S/C13H8N4O2/c1-3-8-12(14-5-1)16-10(18-8)7-11-17-13-9(19-11)4-2-6-15-13/h1-6H,7H2. The summed E-state index contributed by atoms with van der Waals surface area (Å²) < 4.78 is 11.1. The molecule has 4 rings (SSSR count). The van der Waals surface area contributed by atoms with Crippen molar-refractivity contribution in [2.75, 3.05) is 0 Å². The van der Waals surface area contributed by atoms with Crippen LogP contribution < -0.4 is 0 Å². The zero-order valence-corrected chi connectivity index (χ0v) is 9.78. The highest BCUT2D eigenvalue weighted by atomic mass is 16.4. The lowest BCUT2D eigenvalue weighted by atomic mass is 10.4. The summed E-state index contributed by atoms with van der Waals surface area (Å²) in [6.07, 6.45) is 3.74. The maximum Gasteiger partial charge on any atom is 0.206 e. The third-order valence-corrected chi connectivity index (χ3v) is 2.72. The van der Waals surface area contributed by atoms with Crippen molar-refractivity contribution in [2.45, 2.75) is 6.42 Å². The van der Waals surface area contributed by atoms with E-state index < -0.39 is 0 Å². The van der Waals surface area contributed by atoms with E-state index in [-0.39, 0.29) is 0 Å². The van der Waals surface area contributed by atoms with Crippen LogP contribution >= 0.6 is 0 Å². The van der Waals surface area contributed by atoms with Crippen LogP contribution in [0.1, 0.15) is 11.8 Å². The Bertz CT molecular complexity index is 727. The van der Waals surface area contributed by atoms with Crippen LogP contribution in [0, 0.1) is 0 Å². The van der Waals surface area contributed by atoms with Crippen molar-refractivity contribution in [2.24, 2.45) is 0 Å². The molecule has 4 heterocycles. The second kappa shape index (κ2) is 3.88. The molecule has 0 saturated carbocycles. The van der Waals surface area contributed by atoms with E-state index in [1.807, 2.05) is 12.1 Å². The average Bonchev–Trinajstić information content (AvgIpc) is 3.00. The highest BCUT2D eigenvalue weighted by Crippen LogP contribution is 2.18. The molecule has 0 aromatic carbocycles. The van der Waals surface area contributed by atoms with Gasteiger partial charge >= 0.3 is 0 Å². The largest absolute Gasteiger partial charge is 0.438 e. The topological polar surface area (TPSA) is 77.8 Å². The molecule has 0 saturated heterocycles. The van der Waals surface area contributed by atoms with Gasteiger partial charge in [0.25, 0.3) is 0 Å². The first-order chi connectivity index (χ1) is 9.38. The zero-order valence-electron chi connectivity index (χ0n) is 9.78. The normalized spacial score (nSPS) is 11.4. The van der Waals surface area contributed by atoms with Crippen LogP contribution in [-0.4, -0.2) is 19.9 Å². The molecule has 0 atom stereocenters. The molecule has 0 aliphatic heterocycles. The van der Waals surface area contributed by atoms with Gasteiger partial charge in [0.15, 0.2) is 22.5 Å². The monoisotopic (exact) mass is 252 g/mol. The van der Waals surface area contributed by atoms with Crippen molar-refractivity contribution >= 4 is 22.5 Å². The Morgan fingerprint density at radius 3 is 1.79 bits per heavy atom. The van der Waals surface area contributed by atoms with E-state index in [2.05, 4.69) is 19.9 Å². The molecule has 6 heteroatoms. The highest BCUT2D eigenvalue weighted by molar-refractivity contribution is 5.68. The van der Waals surface area contributed by atoms with Crippen molar-refractivity contribution in [3.63, 3.8) is 0 Å². The van der Waals surface area contributed by atoms with Gasteiger partial charge in [0.2, 0.25) is 11.8 Å². The van der Waals surface area contributed by atoms with E-state index in [0.717, 1.165) is 0 Å². The minimum atomic E-state index is 0.382. The molecule has 19 heavy (non-hydrogen) atoms. The van der Waals surface area contributed by atoms with Crippen LogP contribution in [0.25, 0.3) is 22.5 Å². The lowest BCUT2D eigenvalue weighted by Gasteiger charge is -1.87. The van der Waals surface area contributed by atoms with Crippen LogP contribution in [0.5, 0.6) is 0 Å². The molecule has 0 fully saturated rings. The van der Waals surface area contributed by atoms with Crippen molar-refractivity contribution in [1.29, 1.82) is 0 Å². The fourth-order valence-electron chi connectivity index (χ4n) is 1.91. The number of rotatable bonds is 2. The van der Waals surface area contributed by atoms with E-state index >= 15 is 0 Å². The van der Waals surface area contributed by atoms with Gasteiger partial charge in [-0.15, -0.1) is 0 Å². The van der Waals surface area contributed by atoms with Gasteiger partial charge in [-0.3, -0.25) is 0 Å². The Kier molecular flexibility index (Phi) is 2.08. The van der Waals surface area contributed by atoms with Crippen LogP contribution in [-0.2, 0) is 6.42 Å². The molecule has 0 N–H and O–H groups in total. The van der Waals surface area contributed by atoms with Crippen molar-refractivity contribution in [1.82, 2.24) is 19.9 Å². The number of oxazole rings is 2. The summed E-state index contributed by atoms with van der Waals surface area (Å²) in [4.78, 5) is 16.8. The molecule has 0 unspecified atom stereocenters. The lowest BCUT2D eigenvalue weighted by Crippen LogP contribution is -1.88. The van der Waals surface area contributed by atoms with Gasteiger partial charge < -0.3 is 8.83 Å². The molecule has 0 aliphatic rings. The predicted octanol–water partition coefficient (Wildman–Crippen LogP) is 2.35. The summed E-state index contributed by atoms with van der Waals surface area (Å²) in [6.45, 7) is 0. The van der Waals surface area contributed by atoms with Crippen LogP contribution in [0.3, 0.4) is 0 Å². The van der Waals surface area contributed by atoms with E-state index in [0.29, 0.717) is 40.7 Å². The molecule has 0 aliphatic carbocycles. The maximum atomic E-state index is 5.57. The van der Waals surface area contributed by atoms with Gasteiger partial charge in [0.05, 0.1) is 0 Å². The summed E-state index contributed by atoms with van der Waals surface area (Å²) in [7, 11) is 0. The summed E-state index contributed by atoms with van der Waals surface area (Å²) in [6, 6.07) is 7.26. The fourth-order valence-corrected chi connectivity index (χ4v) is 1.91. The summed E-state index contributed by atoms with van der Waals surface area (Å²) in [5.74, 6) is 1.06. The quantitative estimate of drug-likeness (QED) is 0.545. The Hall–Kier alpha value is -2.76. The minimum absolute atomic E-state index is 0.382. The summed E-state index contributed by atoms with van der Waals surface area (Å²) in [5.41, 5.74) is 2.50. The molecule has 0 bridgehead atoms. The van der Waals surface area contributed by atoms with Crippen molar-refractivity contribution < 1.29 is 8.83 Å². The molecule has 0 radical (unpaired) electrons. The lowest BCUT2D eigenvalue weighted by molar-refractivity contribution is 0.488. The van der Waals surface area contributed by atoms with Crippen LogP contribution in [0.4, 0.5) is 0 Å². The molecular weight excluding hydrogens is 244 g/mol. The molecule has 4 aromatic heterocycles. The number of fused-ring (bicyclic) bond motifs is 2. The number of aromatic nitrogens is 4. The minimum Gasteiger partial charge on any atom is -0.438 e. The SMILES string of the molecule is c1cnc2nc(Cc3nc4ncccc4o3)oc2c1. The summed E-state index contributed by atoms with van der Waals surface area (Å²) in [5, 5.41) is 0. The molecule has 0 amide bonds. The molecule has 92 valence electrons. The predicted molar refractivity (Wildman–Crippen MR) is 66.4 cm³/mol. The number of pyridine rings is 2. The van der Waals surface area contributed by atoms with Gasteiger partial charge in [-0.05, 0) is 24.3 Å². The van der Waals surface area contributed by atoms with Crippen molar-refractivity contribution in [3.05, 3.63) is 48.4 Å². The van der Waals surface area contributed by atoms with E-state index in [1.54, 1.807) is 24.5 Å². The van der Waals surface area contributed by atoms with Crippen LogP contribution in [0.15, 0.2) is 45.5 Å². The van der Waals surface area contributed by atoms with E-state index in [4.69, 9.17) is 8.83 Å². The highest BCUT2D eigenvalue weighted by Gasteiger charge is 2.12. The zero-order chi connectivity index (χ0) is 12.7. The van der Waals surface area contributed by atoms with E-state index in [9.17, 15) is 0 Å². The smallest absolute Gasteiger partial charge is 0.206 e. The second-order valence-electron chi connectivity index (χ2n) is 4.04. The molecule has 4 aromatic rings. The van der Waals surface area contributed by atoms with Gasteiger partial charge in [0, 0.05) is 12.4 Å². The average molecular weight is 252 g/mol. The third-order valence-electron chi connectivity index (χ3n) is 2.72. The van der Waals surface area contributed by atoms with Crippen molar-refractivity contribution in [3.8, 4) is 0 Å². The fraction of sp³-hybridized carbons (Fsp3) is 0.0769. The number of hydrogen-bond acceptors (Lipinski definition) is 6. The first-order valence-corrected chi connectivity index (χ1v) is 5.79. The maximum absolute atomic E-state index is 5.57. The van der Waals surface area contributed by atoms with E-state index in [1.165, 1.54) is 0 Å². The first-order valence-electron chi connectivity index (χ1n) is 5.79.